The van der Waals surface area contributed by atoms with Crippen molar-refractivity contribution in [3.8, 4) is 0 Å². The topological polar surface area (TPSA) is 61.6 Å². The molecule has 78 valence electrons. The summed E-state index contributed by atoms with van der Waals surface area (Å²) >= 11 is 0. The molecule has 2 atom stereocenters. The van der Waals surface area contributed by atoms with Gasteiger partial charge in [0.2, 0.25) is 0 Å². The van der Waals surface area contributed by atoms with Crippen molar-refractivity contribution >= 4 is 18.4 Å². The molecular weight excluding hydrogens is 194 g/mol. The van der Waals surface area contributed by atoms with Crippen LogP contribution in [0.1, 0.15) is 19.8 Å². The molecule has 2 N–H and O–H groups in total. The van der Waals surface area contributed by atoms with Gasteiger partial charge in [-0.15, -0.1) is 12.4 Å². The molecule has 0 aromatic heterocycles. The van der Waals surface area contributed by atoms with Crippen LogP contribution in [0.25, 0.3) is 0 Å². The second-order valence-electron chi connectivity index (χ2n) is 2.94. The van der Waals surface area contributed by atoms with Gasteiger partial charge in [0.25, 0.3) is 0 Å². The summed E-state index contributed by atoms with van der Waals surface area (Å²) in [6.07, 6.45) is 1.34. The van der Waals surface area contributed by atoms with E-state index in [9.17, 15) is 4.79 Å². The maximum atomic E-state index is 11.1. The number of hydrogen-bond acceptors (Lipinski definition) is 4. The van der Waals surface area contributed by atoms with Crippen LogP contribution in [-0.4, -0.2) is 31.3 Å². The molecule has 1 heterocycles. The summed E-state index contributed by atoms with van der Waals surface area (Å²) in [5.74, 6) is -0.312. The minimum atomic E-state index is -0.481. The van der Waals surface area contributed by atoms with E-state index in [1.807, 2.05) is 6.92 Å². The summed E-state index contributed by atoms with van der Waals surface area (Å²) in [6, 6.07) is -0.481. The minimum Gasteiger partial charge on any atom is -0.459 e. The highest BCUT2D eigenvalue weighted by Crippen LogP contribution is 2.09. The molecule has 1 aliphatic rings. The average Bonchev–Trinajstić information content (AvgIpc) is 2.55. The zero-order chi connectivity index (χ0) is 8.97. The Morgan fingerprint density at radius 2 is 2.46 bits per heavy atom. The summed E-state index contributed by atoms with van der Waals surface area (Å²) in [6.45, 7) is 3.05. The third kappa shape index (κ3) is 3.93. The van der Waals surface area contributed by atoms with Gasteiger partial charge in [-0.1, -0.05) is 6.92 Å². The molecule has 1 unspecified atom stereocenters. The number of halogens is 1. The fourth-order valence-electron chi connectivity index (χ4n) is 1.02. The first kappa shape index (κ1) is 12.7. The fourth-order valence-corrected chi connectivity index (χ4v) is 1.02. The maximum absolute atomic E-state index is 11.1. The molecule has 0 spiro atoms. The largest absolute Gasteiger partial charge is 0.459 e. The Labute approximate surface area is 84.2 Å². The second kappa shape index (κ2) is 6.18. The van der Waals surface area contributed by atoms with E-state index in [0.717, 1.165) is 6.42 Å². The van der Waals surface area contributed by atoms with Gasteiger partial charge in [0.1, 0.15) is 12.1 Å². The highest BCUT2D eigenvalue weighted by Gasteiger charge is 2.22. The highest BCUT2D eigenvalue weighted by atomic mass is 35.5. The van der Waals surface area contributed by atoms with Crippen molar-refractivity contribution in [1.82, 2.24) is 0 Å². The van der Waals surface area contributed by atoms with E-state index in [1.165, 1.54) is 0 Å². The smallest absolute Gasteiger partial charge is 0.323 e. The van der Waals surface area contributed by atoms with E-state index < -0.39 is 6.04 Å². The molecule has 1 aliphatic heterocycles. The first-order valence-electron chi connectivity index (χ1n) is 4.28. The van der Waals surface area contributed by atoms with Crippen LogP contribution < -0.4 is 5.73 Å². The van der Waals surface area contributed by atoms with E-state index in [4.69, 9.17) is 15.2 Å². The summed E-state index contributed by atoms with van der Waals surface area (Å²) in [5.41, 5.74) is 5.48. The van der Waals surface area contributed by atoms with E-state index in [2.05, 4.69) is 0 Å². The number of carbonyl (C=O) groups excluding carboxylic acids is 1. The van der Waals surface area contributed by atoms with E-state index in [1.54, 1.807) is 0 Å². The molecule has 0 radical (unpaired) electrons. The maximum Gasteiger partial charge on any atom is 0.323 e. The molecule has 1 rings (SSSR count). The van der Waals surface area contributed by atoms with E-state index >= 15 is 0 Å². The summed E-state index contributed by atoms with van der Waals surface area (Å²) in [5, 5.41) is 0. The molecule has 5 heteroatoms. The Kier molecular flexibility index (Phi) is 6.03. The van der Waals surface area contributed by atoms with Crippen molar-refractivity contribution in [2.24, 2.45) is 5.73 Å². The second-order valence-corrected chi connectivity index (χ2v) is 2.94. The Morgan fingerprint density at radius 3 is 2.92 bits per heavy atom. The number of carbonyl (C=O) groups is 1. The molecular formula is C8H16ClNO3. The van der Waals surface area contributed by atoms with Gasteiger partial charge < -0.3 is 15.2 Å². The monoisotopic (exact) mass is 209 g/mol. The van der Waals surface area contributed by atoms with Gasteiger partial charge in [0, 0.05) is 6.42 Å². The van der Waals surface area contributed by atoms with Crippen LogP contribution in [0.2, 0.25) is 0 Å². The van der Waals surface area contributed by atoms with E-state index in [-0.39, 0.29) is 24.5 Å². The molecule has 0 bridgehead atoms. The lowest BCUT2D eigenvalue weighted by Crippen LogP contribution is -2.34. The van der Waals surface area contributed by atoms with Gasteiger partial charge in [-0.25, -0.2) is 0 Å². The van der Waals surface area contributed by atoms with Crippen molar-refractivity contribution < 1.29 is 14.3 Å². The first-order chi connectivity index (χ1) is 5.74. The van der Waals surface area contributed by atoms with Gasteiger partial charge >= 0.3 is 5.97 Å². The summed E-state index contributed by atoms with van der Waals surface area (Å²) in [7, 11) is 0. The van der Waals surface area contributed by atoms with Crippen molar-refractivity contribution in [2.75, 3.05) is 13.2 Å². The molecule has 1 saturated heterocycles. The van der Waals surface area contributed by atoms with Crippen LogP contribution in [0.4, 0.5) is 0 Å². The summed E-state index contributed by atoms with van der Waals surface area (Å²) < 4.78 is 10.1. The van der Waals surface area contributed by atoms with Gasteiger partial charge in [-0.05, 0) is 6.42 Å². The summed E-state index contributed by atoms with van der Waals surface area (Å²) in [4.78, 5) is 11.1. The number of esters is 1. The zero-order valence-electron chi connectivity index (χ0n) is 7.69. The van der Waals surface area contributed by atoms with Crippen molar-refractivity contribution in [2.45, 2.75) is 31.9 Å². The lowest BCUT2D eigenvalue weighted by atomic mass is 10.2. The van der Waals surface area contributed by atoms with Crippen LogP contribution in [0, 0.1) is 0 Å². The minimum absolute atomic E-state index is 0. The van der Waals surface area contributed by atoms with Crippen molar-refractivity contribution in [1.29, 1.82) is 0 Å². The Bertz CT molecular complexity index is 159. The number of rotatable bonds is 3. The third-order valence-electron chi connectivity index (χ3n) is 1.91. The van der Waals surface area contributed by atoms with Gasteiger partial charge in [0.05, 0.1) is 13.2 Å². The molecule has 13 heavy (non-hydrogen) atoms. The third-order valence-corrected chi connectivity index (χ3v) is 1.91. The van der Waals surface area contributed by atoms with Crippen molar-refractivity contribution in [3.05, 3.63) is 0 Å². The Morgan fingerprint density at radius 1 is 1.77 bits per heavy atom. The Hall–Kier alpha value is -0.320. The van der Waals surface area contributed by atoms with Crippen molar-refractivity contribution in [3.63, 3.8) is 0 Å². The quantitative estimate of drug-likeness (QED) is 0.687. The average molecular weight is 210 g/mol. The fraction of sp³-hybridized carbons (Fsp3) is 0.875. The number of ether oxygens (including phenoxy) is 2. The van der Waals surface area contributed by atoms with Gasteiger partial charge in [-0.3, -0.25) is 4.79 Å². The van der Waals surface area contributed by atoms with E-state index in [0.29, 0.717) is 19.6 Å². The predicted octanol–water partition coefficient (Wildman–Crippen LogP) is 0.478. The van der Waals surface area contributed by atoms with Crippen LogP contribution in [0.5, 0.6) is 0 Å². The lowest BCUT2D eigenvalue weighted by molar-refractivity contribution is -0.150. The predicted molar refractivity (Wildman–Crippen MR) is 50.8 cm³/mol. The molecule has 1 fully saturated rings. The number of nitrogens with two attached hydrogens (primary N) is 1. The molecule has 0 aromatic carbocycles. The Balaban J connectivity index is 0.00000144. The van der Waals surface area contributed by atoms with Crippen LogP contribution in [0.3, 0.4) is 0 Å². The molecule has 0 saturated carbocycles. The van der Waals surface area contributed by atoms with Gasteiger partial charge in [0.15, 0.2) is 0 Å². The lowest BCUT2D eigenvalue weighted by Gasteiger charge is -2.13. The normalized spacial score (nSPS) is 23.4. The standard InChI is InChI=1S/C8H15NO3.ClH/c1-2-7(9)8(10)12-6-3-4-11-5-6;/h6-7H,2-5,9H2,1H3;1H/t6?,7-;/m0./s1. The number of hydrogen-bond donors (Lipinski definition) is 1. The van der Waals surface area contributed by atoms with Crippen LogP contribution in [-0.2, 0) is 14.3 Å². The van der Waals surface area contributed by atoms with Crippen LogP contribution >= 0.6 is 12.4 Å². The van der Waals surface area contributed by atoms with Crippen LogP contribution in [0.15, 0.2) is 0 Å². The zero-order valence-corrected chi connectivity index (χ0v) is 8.51. The SMILES string of the molecule is CC[C@H](N)C(=O)OC1CCOC1.Cl. The molecule has 0 amide bonds. The molecule has 0 aromatic rings. The van der Waals surface area contributed by atoms with Gasteiger partial charge in [-0.2, -0.15) is 0 Å². The first-order valence-corrected chi connectivity index (χ1v) is 4.28. The highest BCUT2D eigenvalue weighted by molar-refractivity contribution is 5.85. The molecule has 4 nitrogen and oxygen atoms in total. The molecule has 0 aliphatic carbocycles.